The number of likely N-dealkylation sites (tertiary alicyclic amines) is 2. The van der Waals surface area contributed by atoms with E-state index >= 15 is 0 Å². The SMILES string of the molecule is CCCCCOc1ccc(C(O)C(CCC(C[NH+]2CCCCCC2)C(O)c2ccc(OCCCCC)cc2)C[NH+]2CCCCCC2)cc1. The largest absolute Gasteiger partial charge is 0.494 e. The van der Waals surface area contributed by atoms with Gasteiger partial charge in [-0.15, -0.1) is 0 Å². The molecule has 0 aliphatic carbocycles. The standard InChI is InChI=1S/C42H68N2O4/c1-3-5-15-31-47-39-23-19-35(20-24-39)41(45)37(33-43-27-11-7-8-12-28-43)17-18-38(34-44-29-13-9-10-14-30-44)42(46)36-21-25-40(26-22-36)48-32-16-6-4-2/h19-26,37-38,41-42,45-46H,3-18,27-34H2,1-2H3/p+2. The molecule has 4 N–H and O–H groups in total. The lowest BCUT2D eigenvalue weighted by Crippen LogP contribution is -3.12. The molecule has 48 heavy (non-hydrogen) atoms. The lowest BCUT2D eigenvalue weighted by molar-refractivity contribution is -0.904. The number of benzene rings is 2. The van der Waals surface area contributed by atoms with Gasteiger partial charge in [-0.1, -0.05) is 63.8 Å². The van der Waals surface area contributed by atoms with Crippen LogP contribution in [0.25, 0.3) is 0 Å². The second-order valence-corrected chi connectivity index (χ2v) is 15.0. The van der Waals surface area contributed by atoms with Crippen LogP contribution >= 0.6 is 0 Å². The predicted octanol–water partition coefficient (Wildman–Crippen LogP) is 6.52. The van der Waals surface area contributed by atoms with Crippen molar-refractivity contribution in [2.45, 2.75) is 129 Å². The molecule has 0 spiro atoms. The molecule has 0 bridgehead atoms. The lowest BCUT2D eigenvalue weighted by Gasteiger charge is -2.31. The molecule has 4 unspecified atom stereocenters. The molecule has 2 aromatic carbocycles. The number of unbranched alkanes of at least 4 members (excludes halogenated alkanes) is 4. The Balaban J connectivity index is 1.47. The summed E-state index contributed by atoms with van der Waals surface area (Å²) >= 11 is 0. The van der Waals surface area contributed by atoms with Crippen LogP contribution < -0.4 is 19.3 Å². The van der Waals surface area contributed by atoms with E-state index in [0.29, 0.717) is 0 Å². The third-order valence-corrected chi connectivity index (χ3v) is 11.0. The number of aliphatic hydroxyl groups is 2. The summed E-state index contributed by atoms with van der Waals surface area (Å²) in [7, 11) is 0. The summed E-state index contributed by atoms with van der Waals surface area (Å²) in [6.07, 6.45) is 18.1. The summed E-state index contributed by atoms with van der Waals surface area (Å²) < 4.78 is 12.0. The molecule has 2 aliphatic heterocycles. The molecule has 270 valence electrons. The highest BCUT2D eigenvalue weighted by Gasteiger charge is 2.32. The molecule has 4 atom stereocenters. The van der Waals surface area contributed by atoms with Crippen LogP contribution in [0.5, 0.6) is 11.5 Å². The van der Waals surface area contributed by atoms with E-state index in [1.165, 1.54) is 103 Å². The van der Waals surface area contributed by atoms with Gasteiger partial charge in [0.25, 0.3) is 0 Å². The average Bonchev–Trinajstić information content (AvgIpc) is 3.55. The second kappa shape index (κ2) is 22.6. The van der Waals surface area contributed by atoms with Crippen molar-refractivity contribution >= 4 is 0 Å². The third-order valence-electron chi connectivity index (χ3n) is 11.0. The van der Waals surface area contributed by atoms with E-state index < -0.39 is 12.2 Å². The Morgan fingerprint density at radius 1 is 0.521 bits per heavy atom. The summed E-state index contributed by atoms with van der Waals surface area (Å²) in [6, 6.07) is 16.4. The van der Waals surface area contributed by atoms with Crippen molar-refractivity contribution in [3.05, 3.63) is 59.7 Å². The van der Waals surface area contributed by atoms with Gasteiger partial charge in [-0.25, -0.2) is 0 Å². The highest BCUT2D eigenvalue weighted by atomic mass is 16.5. The smallest absolute Gasteiger partial charge is 0.119 e. The Labute approximate surface area is 293 Å². The predicted molar refractivity (Wildman–Crippen MR) is 197 cm³/mol. The van der Waals surface area contributed by atoms with Crippen LogP contribution in [0.2, 0.25) is 0 Å². The molecule has 2 aliphatic rings. The van der Waals surface area contributed by atoms with Crippen LogP contribution in [0.4, 0.5) is 0 Å². The first-order valence-electron chi connectivity index (χ1n) is 20.1. The fourth-order valence-electron chi connectivity index (χ4n) is 7.93. The molecule has 4 rings (SSSR count). The fourth-order valence-corrected chi connectivity index (χ4v) is 7.93. The first-order valence-corrected chi connectivity index (χ1v) is 20.1. The van der Waals surface area contributed by atoms with Gasteiger partial charge < -0.3 is 29.5 Å². The van der Waals surface area contributed by atoms with Gasteiger partial charge in [-0.3, -0.25) is 0 Å². The van der Waals surface area contributed by atoms with E-state index in [4.69, 9.17) is 9.47 Å². The van der Waals surface area contributed by atoms with E-state index in [2.05, 4.69) is 38.1 Å². The summed E-state index contributed by atoms with van der Waals surface area (Å²) in [5, 5.41) is 23.9. The van der Waals surface area contributed by atoms with Crippen LogP contribution in [0, 0.1) is 11.8 Å². The van der Waals surface area contributed by atoms with E-state index in [1.807, 2.05) is 24.3 Å². The van der Waals surface area contributed by atoms with Gasteiger partial charge in [-0.2, -0.15) is 0 Å². The second-order valence-electron chi connectivity index (χ2n) is 15.0. The zero-order valence-electron chi connectivity index (χ0n) is 30.6. The minimum Gasteiger partial charge on any atom is -0.494 e. The number of hydrogen-bond donors (Lipinski definition) is 4. The van der Waals surface area contributed by atoms with Crippen LogP contribution in [0.15, 0.2) is 48.5 Å². The van der Waals surface area contributed by atoms with Crippen molar-refractivity contribution in [2.24, 2.45) is 11.8 Å². The Morgan fingerprint density at radius 3 is 1.21 bits per heavy atom. The van der Waals surface area contributed by atoms with E-state index in [0.717, 1.165) is 74.6 Å². The molecule has 0 amide bonds. The Kier molecular flexibility index (Phi) is 18.2. The lowest BCUT2D eigenvalue weighted by atomic mass is 9.84. The highest BCUT2D eigenvalue weighted by Crippen LogP contribution is 2.32. The fraction of sp³-hybridized carbons (Fsp3) is 0.714. The molecular formula is C42H70N2O4+2. The number of ether oxygens (including phenoxy) is 2. The van der Waals surface area contributed by atoms with E-state index in [-0.39, 0.29) is 11.8 Å². The summed E-state index contributed by atoms with van der Waals surface area (Å²) in [5.74, 6) is 2.06. The molecule has 2 heterocycles. The van der Waals surface area contributed by atoms with Gasteiger partial charge in [0.15, 0.2) is 0 Å². The minimum absolute atomic E-state index is 0.141. The average molecular weight is 667 g/mol. The van der Waals surface area contributed by atoms with Crippen molar-refractivity contribution in [3.8, 4) is 11.5 Å². The maximum Gasteiger partial charge on any atom is 0.119 e. The molecule has 0 saturated carbocycles. The zero-order valence-corrected chi connectivity index (χ0v) is 30.6. The monoisotopic (exact) mass is 667 g/mol. The molecule has 0 radical (unpaired) electrons. The Hall–Kier alpha value is -2.12. The van der Waals surface area contributed by atoms with Crippen LogP contribution in [0.1, 0.15) is 140 Å². The van der Waals surface area contributed by atoms with Gasteiger partial charge in [0.2, 0.25) is 0 Å². The van der Waals surface area contributed by atoms with Crippen LogP contribution in [-0.2, 0) is 0 Å². The van der Waals surface area contributed by atoms with Crippen molar-refractivity contribution in [2.75, 3.05) is 52.5 Å². The number of hydrogen-bond acceptors (Lipinski definition) is 4. The van der Waals surface area contributed by atoms with Crippen molar-refractivity contribution in [1.29, 1.82) is 0 Å². The van der Waals surface area contributed by atoms with Gasteiger partial charge in [0.1, 0.15) is 11.5 Å². The minimum atomic E-state index is -0.526. The number of rotatable bonds is 21. The van der Waals surface area contributed by atoms with E-state index in [1.54, 1.807) is 9.80 Å². The van der Waals surface area contributed by atoms with Crippen LogP contribution in [0.3, 0.4) is 0 Å². The Morgan fingerprint density at radius 2 is 0.875 bits per heavy atom. The molecular weight excluding hydrogens is 596 g/mol. The first-order chi connectivity index (χ1) is 23.6. The number of nitrogens with one attached hydrogen (secondary N) is 2. The van der Waals surface area contributed by atoms with Gasteiger partial charge in [0, 0.05) is 11.8 Å². The summed E-state index contributed by atoms with van der Waals surface area (Å²) in [5.41, 5.74) is 1.97. The van der Waals surface area contributed by atoms with Crippen LogP contribution in [-0.4, -0.2) is 62.7 Å². The number of aliphatic hydroxyl groups excluding tert-OH is 2. The quantitative estimate of drug-likeness (QED) is 0.115. The highest BCUT2D eigenvalue weighted by molar-refractivity contribution is 5.30. The number of quaternary nitrogens is 2. The van der Waals surface area contributed by atoms with E-state index in [9.17, 15) is 10.2 Å². The molecule has 6 heteroatoms. The van der Waals surface area contributed by atoms with Crippen molar-refractivity contribution in [3.63, 3.8) is 0 Å². The topological polar surface area (TPSA) is 67.8 Å². The van der Waals surface area contributed by atoms with Gasteiger partial charge in [0.05, 0.1) is 64.7 Å². The third kappa shape index (κ3) is 13.7. The molecule has 0 aromatic heterocycles. The van der Waals surface area contributed by atoms with Gasteiger partial charge >= 0.3 is 0 Å². The normalized spacial score (nSPS) is 19.2. The first kappa shape index (κ1) is 38.7. The molecule has 2 fully saturated rings. The summed E-state index contributed by atoms with van der Waals surface area (Å²) in [4.78, 5) is 3.27. The van der Waals surface area contributed by atoms with Crippen molar-refractivity contribution < 1.29 is 29.5 Å². The molecule has 2 saturated heterocycles. The van der Waals surface area contributed by atoms with Gasteiger partial charge in [-0.05, 0) is 112 Å². The maximum atomic E-state index is 11.9. The molecule has 6 nitrogen and oxygen atoms in total. The Bertz CT molecular complexity index is 990. The van der Waals surface area contributed by atoms with Crippen molar-refractivity contribution in [1.82, 2.24) is 0 Å². The summed E-state index contributed by atoms with van der Waals surface area (Å²) in [6.45, 7) is 12.7. The molecule has 2 aromatic rings. The zero-order chi connectivity index (χ0) is 33.8. The maximum absolute atomic E-state index is 11.9.